The number of aliphatic carboxylic acids is 1. The number of esters is 3. The van der Waals surface area contributed by atoms with Gasteiger partial charge >= 0.3 is 23.9 Å². The highest BCUT2D eigenvalue weighted by Crippen LogP contribution is 1.84. The van der Waals surface area contributed by atoms with Gasteiger partial charge in [-0.2, -0.15) is 0 Å². The van der Waals surface area contributed by atoms with Gasteiger partial charge < -0.3 is 19.3 Å². The van der Waals surface area contributed by atoms with Crippen LogP contribution in [0, 0.1) is 0 Å². The molecule has 0 fully saturated rings. The molecule has 0 radical (unpaired) electrons. The molecule has 0 aromatic carbocycles. The van der Waals surface area contributed by atoms with Crippen molar-refractivity contribution in [2.45, 2.75) is 20.8 Å². The van der Waals surface area contributed by atoms with Gasteiger partial charge in [-0.15, -0.1) is 0 Å². The van der Waals surface area contributed by atoms with Crippen LogP contribution in [-0.2, 0) is 33.4 Å². The van der Waals surface area contributed by atoms with Crippen molar-refractivity contribution in [3.05, 3.63) is 24.3 Å². The molecule has 0 heterocycles. The molecule has 0 aromatic rings. The first-order valence-corrected chi connectivity index (χ1v) is 6.46. The number of rotatable bonds is 7. The van der Waals surface area contributed by atoms with Crippen molar-refractivity contribution in [1.29, 1.82) is 0 Å². The van der Waals surface area contributed by atoms with Gasteiger partial charge in [-0.1, -0.05) is 0 Å². The van der Waals surface area contributed by atoms with Gasteiger partial charge in [-0.25, -0.2) is 19.2 Å². The first-order chi connectivity index (χ1) is 10.4. The Kier molecular flexibility index (Phi) is 14.5. The van der Waals surface area contributed by atoms with E-state index >= 15 is 0 Å². The normalized spacial score (nSPS) is 9.77. The molecule has 0 aromatic heterocycles. The molecule has 124 valence electrons. The van der Waals surface area contributed by atoms with Crippen LogP contribution >= 0.6 is 0 Å². The van der Waals surface area contributed by atoms with Gasteiger partial charge in [0.1, 0.15) is 0 Å². The van der Waals surface area contributed by atoms with Crippen molar-refractivity contribution in [3.63, 3.8) is 0 Å². The van der Waals surface area contributed by atoms with Crippen LogP contribution in [0.1, 0.15) is 20.8 Å². The molecule has 22 heavy (non-hydrogen) atoms. The van der Waals surface area contributed by atoms with E-state index in [1.165, 1.54) is 0 Å². The second kappa shape index (κ2) is 14.8. The van der Waals surface area contributed by atoms with Crippen molar-refractivity contribution in [3.8, 4) is 0 Å². The summed E-state index contributed by atoms with van der Waals surface area (Å²) in [6, 6.07) is 0. The molecule has 0 unspecified atom stereocenters. The maximum absolute atomic E-state index is 10.6. The molecular formula is C14H20O8. The second-order valence-corrected chi connectivity index (χ2v) is 3.26. The average molecular weight is 316 g/mol. The lowest BCUT2D eigenvalue weighted by Crippen LogP contribution is -2.03. The van der Waals surface area contributed by atoms with E-state index in [1.54, 1.807) is 20.8 Å². The minimum Gasteiger partial charge on any atom is -0.478 e. The summed E-state index contributed by atoms with van der Waals surface area (Å²) < 4.78 is 13.5. The SMILES string of the molecule is CCOC(=O)C=CC(=O)O.CCOC(=O)C=CC(=O)OCC. The third-order valence-corrected chi connectivity index (χ3v) is 1.58. The lowest BCUT2D eigenvalue weighted by Gasteiger charge is -1.95. The lowest BCUT2D eigenvalue weighted by molar-refractivity contribution is -0.140. The number of carbonyl (C=O) groups excluding carboxylic acids is 3. The maximum Gasteiger partial charge on any atom is 0.330 e. The van der Waals surface area contributed by atoms with Crippen LogP contribution in [-0.4, -0.2) is 48.8 Å². The van der Waals surface area contributed by atoms with E-state index in [4.69, 9.17) is 5.11 Å². The van der Waals surface area contributed by atoms with E-state index in [2.05, 4.69) is 14.2 Å². The Morgan fingerprint density at radius 2 is 0.955 bits per heavy atom. The molecule has 0 aliphatic heterocycles. The fourth-order valence-corrected chi connectivity index (χ4v) is 0.847. The van der Waals surface area contributed by atoms with Crippen LogP contribution in [0.15, 0.2) is 24.3 Å². The summed E-state index contributed by atoms with van der Waals surface area (Å²) >= 11 is 0. The fourth-order valence-electron chi connectivity index (χ4n) is 0.847. The van der Waals surface area contributed by atoms with Gasteiger partial charge in [-0.05, 0) is 20.8 Å². The summed E-state index contributed by atoms with van der Waals surface area (Å²) in [6.07, 6.45) is 3.69. The molecule has 0 saturated carbocycles. The first kappa shape index (κ1) is 21.7. The van der Waals surface area contributed by atoms with E-state index in [9.17, 15) is 19.2 Å². The zero-order chi connectivity index (χ0) is 17.4. The van der Waals surface area contributed by atoms with Crippen molar-refractivity contribution in [2.24, 2.45) is 0 Å². The van der Waals surface area contributed by atoms with Crippen molar-refractivity contribution in [1.82, 2.24) is 0 Å². The zero-order valence-electron chi connectivity index (χ0n) is 12.7. The van der Waals surface area contributed by atoms with E-state index in [0.717, 1.165) is 24.3 Å². The van der Waals surface area contributed by atoms with Crippen LogP contribution in [0.2, 0.25) is 0 Å². The molecule has 0 rings (SSSR count). The number of ether oxygens (including phenoxy) is 3. The van der Waals surface area contributed by atoms with E-state index in [1.807, 2.05) is 0 Å². The minimum atomic E-state index is -1.16. The molecule has 0 amide bonds. The quantitative estimate of drug-likeness (QED) is 0.417. The van der Waals surface area contributed by atoms with E-state index in [0.29, 0.717) is 13.2 Å². The largest absolute Gasteiger partial charge is 0.478 e. The average Bonchev–Trinajstić information content (AvgIpc) is 2.45. The number of carbonyl (C=O) groups is 4. The minimum absolute atomic E-state index is 0.253. The number of hydrogen-bond donors (Lipinski definition) is 1. The number of carboxylic acids is 1. The van der Waals surface area contributed by atoms with E-state index < -0.39 is 23.9 Å². The molecule has 8 heteroatoms. The number of carboxylic acid groups (broad SMARTS) is 1. The fraction of sp³-hybridized carbons (Fsp3) is 0.429. The molecule has 0 bridgehead atoms. The monoisotopic (exact) mass is 316 g/mol. The van der Waals surface area contributed by atoms with Gasteiger partial charge in [0.25, 0.3) is 0 Å². The summed E-state index contributed by atoms with van der Waals surface area (Å²) in [7, 11) is 0. The zero-order valence-corrected chi connectivity index (χ0v) is 12.7. The second-order valence-electron chi connectivity index (χ2n) is 3.26. The van der Waals surface area contributed by atoms with Crippen LogP contribution in [0.4, 0.5) is 0 Å². The molecular weight excluding hydrogens is 296 g/mol. The molecule has 0 aliphatic carbocycles. The van der Waals surface area contributed by atoms with Gasteiger partial charge in [0, 0.05) is 24.3 Å². The van der Waals surface area contributed by atoms with E-state index in [-0.39, 0.29) is 6.61 Å². The molecule has 8 nitrogen and oxygen atoms in total. The lowest BCUT2D eigenvalue weighted by atomic mass is 10.5. The van der Waals surface area contributed by atoms with Crippen molar-refractivity contribution >= 4 is 23.9 Å². The Bertz CT molecular complexity index is 403. The van der Waals surface area contributed by atoms with Gasteiger partial charge in [0.05, 0.1) is 19.8 Å². The Balaban J connectivity index is 0. The highest BCUT2D eigenvalue weighted by atomic mass is 16.5. The molecule has 0 aliphatic rings. The topological polar surface area (TPSA) is 116 Å². The molecule has 1 N–H and O–H groups in total. The number of hydrogen-bond acceptors (Lipinski definition) is 7. The maximum atomic E-state index is 10.6. The van der Waals surface area contributed by atoms with Crippen molar-refractivity contribution in [2.75, 3.05) is 19.8 Å². The Labute approximate surface area is 128 Å². The highest BCUT2D eigenvalue weighted by molar-refractivity contribution is 5.91. The smallest absolute Gasteiger partial charge is 0.330 e. The Hall–Kier alpha value is -2.64. The third-order valence-electron chi connectivity index (χ3n) is 1.58. The first-order valence-electron chi connectivity index (χ1n) is 6.46. The predicted molar refractivity (Wildman–Crippen MR) is 75.8 cm³/mol. The van der Waals surface area contributed by atoms with Gasteiger partial charge in [0.15, 0.2) is 0 Å². The van der Waals surface area contributed by atoms with Gasteiger partial charge in [0.2, 0.25) is 0 Å². The van der Waals surface area contributed by atoms with Crippen LogP contribution in [0.3, 0.4) is 0 Å². The van der Waals surface area contributed by atoms with Crippen LogP contribution in [0.5, 0.6) is 0 Å². The molecule has 0 spiro atoms. The summed E-state index contributed by atoms with van der Waals surface area (Å²) in [5.41, 5.74) is 0. The Morgan fingerprint density at radius 1 is 0.682 bits per heavy atom. The van der Waals surface area contributed by atoms with Crippen LogP contribution < -0.4 is 0 Å². The van der Waals surface area contributed by atoms with Crippen molar-refractivity contribution < 1.29 is 38.5 Å². The summed E-state index contributed by atoms with van der Waals surface area (Å²) in [4.78, 5) is 41.5. The summed E-state index contributed by atoms with van der Waals surface area (Å²) in [5, 5.41) is 8.04. The summed E-state index contributed by atoms with van der Waals surface area (Å²) in [5.74, 6) is -2.87. The third kappa shape index (κ3) is 17.4. The highest BCUT2D eigenvalue weighted by Gasteiger charge is 1.97. The Morgan fingerprint density at radius 3 is 1.18 bits per heavy atom. The predicted octanol–water partition coefficient (Wildman–Crippen LogP) is 0.859. The molecule has 0 saturated heterocycles. The standard InChI is InChI=1S/C8H12O4.C6H8O4/c1-3-11-7(9)5-6-8(10)12-4-2;1-2-10-6(9)4-3-5(7)8/h5-6H,3-4H2,1-2H3;3-4H,2H2,1H3,(H,7,8). The van der Waals surface area contributed by atoms with Gasteiger partial charge in [-0.3, -0.25) is 0 Å². The summed E-state index contributed by atoms with van der Waals surface area (Å²) in [6.45, 7) is 5.87. The molecule has 0 atom stereocenters. The van der Waals surface area contributed by atoms with Crippen LogP contribution in [0.25, 0.3) is 0 Å².